The molecule has 1 aromatic rings. The molecular weight excluding hydrogens is 238 g/mol. The van der Waals surface area contributed by atoms with Gasteiger partial charge in [0.25, 0.3) is 0 Å². The summed E-state index contributed by atoms with van der Waals surface area (Å²) in [4.78, 5) is 13.7. The molecule has 0 radical (unpaired) electrons. The number of benzene rings is 1. The number of ether oxygens (including phenoxy) is 1. The number of aryl methyl sites for hydroxylation is 2. The van der Waals surface area contributed by atoms with Gasteiger partial charge in [-0.15, -0.1) is 0 Å². The zero-order chi connectivity index (χ0) is 14.4. The summed E-state index contributed by atoms with van der Waals surface area (Å²) in [6, 6.07) is 3.96. The van der Waals surface area contributed by atoms with Crippen molar-refractivity contribution in [3.63, 3.8) is 0 Å². The second kappa shape index (κ2) is 6.98. The van der Waals surface area contributed by atoms with Crippen LogP contribution in [0.25, 0.3) is 6.08 Å². The van der Waals surface area contributed by atoms with Crippen molar-refractivity contribution in [2.24, 2.45) is 0 Å². The van der Waals surface area contributed by atoms with Gasteiger partial charge in [-0.25, -0.2) is 0 Å². The fourth-order valence-electron chi connectivity index (χ4n) is 2.11. The van der Waals surface area contributed by atoms with Crippen LogP contribution in [0, 0.1) is 13.8 Å². The fraction of sp³-hybridized carbons (Fsp3) is 0.438. The molecule has 1 aromatic carbocycles. The van der Waals surface area contributed by atoms with E-state index in [9.17, 15) is 4.79 Å². The van der Waals surface area contributed by atoms with Gasteiger partial charge in [-0.3, -0.25) is 4.79 Å². The Balaban J connectivity index is 2.96. The van der Waals surface area contributed by atoms with Gasteiger partial charge in [-0.05, 0) is 62.6 Å². The molecule has 3 heteroatoms. The third-order valence-electron chi connectivity index (χ3n) is 3.27. The van der Waals surface area contributed by atoms with Gasteiger partial charge in [0.2, 0.25) is 5.91 Å². The van der Waals surface area contributed by atoms with E-state index in [-0.39, 0.29) is 5.91 Å². The molecule has 0 aliphatic rings. The van der Waals surface area contributed by atoms with Crippen molar-refractivity contribution in [3.8, 4) is 5.75 Å². The first-order valence-corrected chi connectivity index (χ1v) is 6.65. The topological polar surface area (TPSA) is 29.5 Å². The zero-order valence-electron chi connectivity index (χ0n) is 12.5. The maximum Gasteiger partial charge on any atom is 0.246 e. The van der Waals surface area contributed by atoms with E-state index in [0.717, 1.165) is 35.5 Å². The van der Waals surface area contributed by atoms with E-state index in [2.05, 4.69) is 0 Å². The van der Waals surface area contributed by atoms with Gasteiger partial charge < -0.3 is 9.64 Å². The highest BCUT2D eigenvalue weighted by Gasteiger charge is 2.07. The summed E-state index contributed by atoms with van der Waals surface area (Å²) in [5.74, 6) is 0.904. The van der Waals surface area contributed by atoms with Gasteiger partial charge in [0.1, 0.15) is 5.75 Å². The zero-order valence-corrected chi connectivity index (χ0v) is 12.5. The molecule has 0 aliphatic heterocycles. The normalized spacial score (nSPS) is 10.8. The first-order chi connectivity index (χ1) is 9.03. The Morgan fingerprint density at radius 1 is 1.21 bits per heavy atom. The molecule has 19 heavy (non-hydrogen) atoms. The molecule has 0 N–H and O–H groups in total. The van der Waals surface area contributed by atoms with Gasteiger partial charge in [0, 0.05) is 19.2 Å². The highest BCUT2D eigenvalue weighted by Crippen LogP contribution is 2.22. The average Bonchev–Trinajstić information content (AvgIpc) is 2.38. The van der Waals surface area contributed by atoms with E-state index in [0.29, 0.717) is 0 Å². The third kappa shape index (κ3) is 3.85. The molecule has 0 fully saturated rings. The second-order valence-electron chi connectivity index (χ2n) is 4.52. The van der Waals surface area contributed by atoms with Crippen LogP contribution < -0.4 is 4.74 Å². The van der Waals surface area contributed by atoms with Gasteiger partial charge in [-0.2, -0.15) is 0 Å². The Bertz CT molecular complexity index is 451. The third-order valence-corrected chi connectivity index (χ3v) is 3.27. The number of likely N-dealkylation sites (N-methyl/N-ethyl adjacent to an activating group) is 1. The van der Waals surface area contributed by atoms with E-state index in [1.807, 2.05) is 45.9 Å². The Hall–Kier alpha value is -1.77. The molecule has 0 saturated heterocycles. The number of rotatable bonds is 5. The number of hydrogen-bond donors (Lipinski definition) is 0. The van der Waals surface area contributed by atoms with E-state index in [4.69, 9.17) is 4.74 Å². The quantitative estimate of drug-likeness (QED) is 0.762. The number of nitrogens with zero attached hydrogens (tertiary/aromatic N) is 1. The Morgan fingerprint density at radius 2 is 1.74 bits per heavy atom. The van der Waals surface area contributed by atoms with Crippen LogP contribution in [-0.2, 0) is 4.79 Å². The Kier molecular flexibility index (Phi) is 5.61. The maximum absolute atomic E-state index is 11.9. The largest absolute Gasteiger partial charge is 0.497 e. The van der Waals surface area contributed by atoms with Crippen LogP contribution >= 0.6 is 0 Å². The minimum absolute atomic E-state index is 0.0552. The highest BCUT2D eigenvalue weighted by atomic mass is 16.5. The molecule has 0 unspecified atom stereocenters. The minimum Gasteiger partial charge on any atom is -0.497 e. The van der Waals surface area contributed by atoms with Crippen LogP contribution in [0.4, 0.5) is 0 Å². The Morgan fingerprint density at radius 3 is 2.16 bits per heavy atom. The van der Waals surface area contributed by atoms with Crippen LogP contribution in [0.5, 0.6) is 5.75 Å². The molecule has 0 aliphatic carbocycles. The standard InChI is InChI=1S/C16H23NO2/c1-6-17(7-2)16(18)9-8-15-12(3)10-14(19-5)11-13(15)4/h8-11H,6-7H2,1-5H3/b9-8+. The van der Waals surface area contributed by atoms with Crippen molar-refractivity contribution < 1.29 is 9.53 Å². The first-order valence-electron chi connectivity index (χ1n) is 6.65. The van der Waals surface area contributed by atoms with Crippen LogP contribution in [-0.4, -0.2) is 31.0 Å². The van der Waals surface area contributed by atoms with Crippen molar-refractivity contribution in [1.82, 2.24) is 4.90 Å². The maximum atomic E-state index is 11.9. The predicted molar refractivity (Wildman–Crippen MR) is 79.4 cm³/mol. The van der Waals surface area contributed by atoms with Crippen molar-refractivity contribution in [2.45, 2.75) is 27.7 Å². The lowest BCUT2D eigenvalue weighted by Gasteiger charge is -2.16. The molecule has 104 valence electrons. The molecule has 1 amide bonds. The number of amides is 1. The molecule has 0 bridgehead atoms. The molecule has 0 atom stereocenters. The van der Waals surface area contributed by atoms with E-state index in [1.165, 1.54) is 0 Å². The second-order valence-corrected chi connectivity index (χ2v) is 4.52. The summed E-state index contributed by atoms with van der Waals surface area (Å²) in [5, 5.41) is 0. The molecule has 0 spiro atoms. The lowest BCUT2D eigenvalue weighted by atomic mass is 10.0. The first kappa shape index (κ1) is 15.3. The summed E-state index contributed by atoms with van der Waals surface area (Å²) in [6.45, 7) is 9.49. The van der Waals surface area contributed by atoms with Crippen molar-refractivity contribution in [2.75, 3.05) is 20.2 Å². The van der Waals surface area contributed by atoms with E-state index >= 15 is 0 Å². The smallest absolute Gasteiger partial charge is 0.246 e. The number of carbonyl (C=O) groups excluding carboxylic acids is 1. The average molecular weight is 261 g/mol. The predicted octanol–water partition coefficient (Wildman–Crippen LogP) is 3.19. The van der Waals surface area contributed by atoms with Gasteiger partial charge in [0.15, 0.2) is 0 Å². The molecule has 3 nitrogen and oxygen atoms in total. The summed E-state index contributed by atoms with van der Waals surface area (Å²) < 4.78 is 5.23. The fourth-order valence-corrected chi connectivity index (χ4v) is 2.11. The molecular formula is C16H23NO2. The van der Waals surface area contributed by atoms with Crippen LogP contribution in [0.15, 0.2) is 18.2 Å². The lowest BCUT2D eigenvalue weighted by molar-refractivity contribution is -0.125. The van der Waals surface area contributed by atoms with Crippen molar-refractivity contribution >= 4 is 12.0 Å². The number of carbonyl (C=O) groups is 1. The van der Waals surface area contributed by atoms with Crippen molar-refractivity contribution in [1.29, 1.82) is 0 Å². The summed E-state index contributed by atoms with van der Waals surface area (Å²) in [5.41, 5.74) is 3.31. The SMILES string of the molecule is CCN(CC)C(=O)/C=C/c1c(C)cc(OC)cc1C. The highest BCUT2D eigenvalue weighted by molar-refractivity contribution is 5.92. The monoisotopic (exact) mass is 261 g/mol. The summed E-state index contributed by atoms with van der Waals surface area (Å²) in [7, 11) is 1.66. The summed E-state index contributed by atoms with van der Waals surface area (Å²) >= 11 is 0. The Labute approximate surface area is 115 Å². The minimum atomic E-state index is 0.0552. The summed E-state index contributed by atoms with van der Waals surface area (Å²) in [6.07, 6.45) is 3.54. The molecule has 0 saturated carbocycles. The van der Waals surface area contributed by atoms with Gasteiger partial charge in [0.05, 0.1) is 7.11 Å². The van der Waals surface area contributed by atoms with Crippen LogP contribution in [0.2, 0.25) is 0 Å². The lowest BCUT2D eigenvalue weighted by Crippen LogP contribution is -2.28. The van der Waals surface area contributed by atoms with E-state index in [1.54, 1.807) is 18.1 Å². The molecule has 0 aromatic heterocycles. The van der Waals surface area contributed by atoms with Crippen LogP contribution in [0.1, 0.15) is 30.5 Å². The molecule has 0 heterocycles. The van der Waals surface area contributed by atoms with Gasteiger partial charge >= 0.3 is 0 Å². The van der Waals surface area contributed by atoms with Gasteiger partial charge in [-0.1, -0.05) is 0 Å². The number of hydrogen-bond acceptors (Lipinski definition) is 2. The molecule has 1 rings (SSSR count). The van der Waals surface area contributed by atoms with Crippen LogP contribution in [0.3, 0.4) is 0 Å². The number of methoxy groups -OCH3 is 1. The van der Waals surface area contributed by atoms with Crippen molar-refractivity contribution in [3.05, 3.63) is 34.9 Å². The van der Waals surface area contributed by atoms with E-state index < -0.39 is 0 Å².